The number of carbonyl (C=O) groups is 1. The third-order valence-electron chi connectivity index (χ3n) is 4.90. The molecule has 30 heavy (non-hydrogen) atoms. The quantitative estimate of drug-likeness (QED) is 0.587. The lowest BCUT2D eigenvalue weighted by molar-refractivity contribution is -0.686. The number of hydrogen-bond donors (Lipinski definition) is 2. The standard InChI is InChI=1S/C26H30N2O2/c1-18-9-19(2)12-24(11-18)16-27-15-22-5-7-23(8-6-22)17-30-26(29)28-25-13-20(3)10-21(4)14-25/h5-14,27H,15-17H2,1-4H3,(H,28,29)/p+1. The van der Waals surface area contributed by atoms with Crippen molar-refractivity contribution in [3.63, 3.8) is 0 Å². The van der Waals surface area contributed by atoms with Crippen molar-refractivity contribution in [2.75, 3.05) is 5.32 Å². The summed E-state index contributed by atoms with van der Waals surface area (Å²) >= 11 is 0. The van der Waals surface area contributed by atoms with Gasteiger partial charge in [-0.25, -0.2) is 4.79 Å². The zero-order valence-corrected chi connectivity index (χ0v) is 18.3. The molecule has 0 aromatic heterocycles. The summed E-state index contributed by atoms with van der Waals surface area (Å²) in [5.74, 6) is 0. The molecule has 4 nitrogen and oxygen atoms in total. The SMILES string of the molecule is Cc1cc(C)cc(C[NH2+]Cc2ccc(COC(=O)Nc3cc(C)cc(C)c3)cc2)c1. The van der Waals surface area contributed by atoms with Crippen LogP contribution < -0.4 is 10.6 Å². The average molecular weight is 404 g/mol. The second-order valence-corrected chi connectivity index (χ2v) is 8.09. The molecule has 0 bridgehead atoms. The maximum Gasteiger partial charge on any atom is 0.411 e. The zero-order chi connectivity index (χ0) is 21.5. The summed E-state index contributed by atoms with van der Waals surface area (Å²) in [5, 5.41) is 5.09. The Morgan fingerprint density at radius 2 is 1.23 bits per heavy atom. The van der Waals surface area contributed by atoms with Crippen molar-refractivity contribution in [1.82, 2.24) is 0 Å². The molecule has 0 saturated carbocycles. The van der Waals surface area contributed by atoms with E-state index < -0.39 is 6.09 Å². The summed E-state index contributed by atoms with van der Waals surface area (Å²) in [4.78, 5) is 12.1. The van der Waals surface area contributed by atoms with Gasteiger partial charge in [-0.3, -0.25) is 5.32 Å². The summed E-state index contributed by atoms with van der Waals surface area (Å²) in [6, 6.07) is 20.8. The molecule has 0 aliphatic carbocycles. The molecule has 0 atom stereocenters. The summed E-state index contributed by atoms with van der Waals surface area (Å²) in [5.41, 5.74) is 9.17. The predicted molar refractivity (Wildman–Crippen MR) is 121 cm³/mol. The highest BCUT2D eigenvalue weighted by Crippen LogP contribution is 2.14. The van der Waals surface area contributed by atoms with E-state index in [1.165, 1.54) is 22.3 Å². The van der Waals surface area contributed by atoms with Crippen LogP contribution >= 0.6 is 0 Å². The van der Waals surface area contributed by atoms with E-state index in [0.29, 0.717) is 0 Å². The van der Waals surface area contributed by atoms with Gasteiger partial charge in [0, 0.05) is 16.8 Å². The van der Waals surface area contributed by atoms with Crippen molar-refractivity contribution in [3.05, 3.63) is 99.6 Å². The van der Waals surface area contributed by atoms with Crippen LogP contribution in [0.2, 0.25) is 0 Å². The molecule has 4 heteroatoms. The smallest absolute Gasteiger partial charge is 0.411 e. The highest BCUT2D eigenvalue weighted by atomic mass is 16.5. The first-order valence-electron chi connectivity index (χ1n) is 10.4. The molecule has 0 heterocycles. The van der Waals surface area contributed by atoms with Gasteiger partial charge >= 0.3 is 6.09 Å². The van der Waals surface area contributed by atoms with Gasteiger partial charge in [0.25, 0.3) is 0 Å². The first kappa shape index (κ1) is 21.6. The van der Waals surface area contributed by atoms with Gasteiger partial charge < -0.3 is 10.1 Å². The zero-order valence-electron chi connectivity index (χ0n) is 18.3. The lowest BCUT2D eigenvalue weighted by Gasteiger charge is -2.09. The third-order valence-corrected chi connectivity index (χ3v) is 4.90. The molecule has 0 aliphatic rings. The number of anilines is 1. The van der Waals surface area contributed by atoms with Gasteiger partial charge in [-0.05, 0) is 56.5 Å². The molecular formula is C26H31N2O2+. The average Bonchev–Trinajstić information content (AvgIpc) is 2.66. The Morgan fingerprint density at radius 1 is 0.733 bits per heavy atom. The fourth-order valence-electron chi connectivity index (χ4n) is 3.71. The number of ether oxygens (including phenoxy) is 1. The van der Waals surface area contributed by atoms with Crippen LogP contribution in [-0.4, -0.2) is 6.09 Å². The van der Waals surface area contributed by atoms with Gasteiger partial charge in [0.05, 0.1) is 0 Å². The van der Waals surface area contributed by atoms with Crippen molar-refractivity contribution in [3.8, 4) is 0 Å². The van der Waals surface area contributed by atoms with E-state index in [9.17, 15) is 4.79 Å². The molecule has 3 aromatic rings. The van der Waals surface area contributed by atoms with Crippen LogP contribution in [0.25, 0.3) is 0 Å². The van der Waals surface area contributed by atoms with E-state index in [1.54, 1.807) is 0 Å². The number of quaternary nitrogens is 1. The Morgan fingerprint density at radius 3 is 1.83 bits per heavy atom. The number of rotatable bonds is 7. The molecule has 0 unspecified atom stereocenters. The normalized spacial score (nSPS) is 10.7. The first-order chi connectivity index (χ1) is 14.4. The third kappa shape index (κ3) is 6.75. The Hall–Kier alpha value is -3.11. The number of nitrogens with one attached hydrogen (secondary N) is 1. The Bertz CT molecular complexity index is 970. The molecule has 0 radical (unpaired) electrons. The molecule has 0 spiro atoms. The highest BCUT2D eigenvalue weighted by Gasteiger charge is 2.06. The van der Waals surface area contributed by atoms with Crippen LogP contribution in [0.3, 0.4) is 0 Å². The highest BCUT2D eigenvalue weighted by molar-refractivity contribution is 5.84. The van der Waals surface area contributed by atoms with Crippen LogP contribution in [-0.2, 0) is 24.4 Å². The van der Waals surface area contributed by atoms with Crippen molar-refractivity contribution in [2.45, 2.75) is 47.4 Å². The van der Waals surface area contributed by atoms with E-state index in [2.05, 4.69) is 60.9 Å². The fraction of sp³-hybridized carbons (Fsp3) is 0.269. The van der Waals surface area contributed by atoms with Crippen LogP contribution in [0.15, 0.2) is 60.7 Å². The van der Waals surface area contributed by atoms with Gasteiger partial charge in [-0.15, -0.1) is 0 Å². The summed E-state index contributed by atoms with van der Waals surface area (Å²) in [6.07, 6.45) is -0.439. The van der Waals surface area contributed by atoms with Gasteiger partial charge in [0.15, 0.2) is 0 Å². The minimum atomic E-state index is -0.439. The van der Waals surface area contributed by atoms with E-state index >= 15 is 0 Å². The first-order valence-corrected chi connectivity index (χ1v) is 10.4. The largest absolute Gasteiger partial charge is 0.444 e. The summed E-state index contributed by atoms with van der Waals surface area (Å²) in [6.45, 7) is 10.4. The van der Waals surface area contributed by atoms with Crippen LogP contribution in [0.5, 0.6) is 0 Å². The van der Waals surface area contributed by atoms with Crippen LogP contribution in [0.4, 0.5) is 10.5 Å². The number of nitrogens with two attached hydrogens (primary N) is 1. The second-order valence-electron chi connectivity index (χ2n) is 8.09. The van der Waals surface area contributed by atoms with Gasteiger partial charge in [-0.1, -0.05) is 59.7 Å². The van der Waals surface area contributed by atoms with Gasteiger partial charge in [0.1, 0.15) is 19.7 Å². The number of aryl methyl sites for hydroxylation is 4. The van der Waals surface area contributed by atoms with Crippen molar-refractivity contribution >= 4 is 11.8 Å². The molecule has 3 N–H and O–H groups in total. The monoisotopic (exact) mass is 403 g/mol. The number of carbonyl (C=O) groups excluding carboxylic acids is 1. The van der Waals surface area contributed by atoms with E-state index in [0.717, 1.165) is 35.5 Å². The maximum atomic E-state index is 12.1. The number of benzene rings is 3. The van der Waals surface area contributed by atoms with Crippen LogP contribution in [0, 0.1) is 27.7 Å². The van der Waals surface area contributed by atoms with Gasteiger partial charge in [0.2, 0.25) is 0 Å². The minimum Gasteiger partial charge on any atom is -0.444 e. The molecule has 3 aromatic carbocycles. The minimum absolute atomic E-state index is 0.253. The Kier molecular flexibility index (Phi) is 7.26. The molecule has 156 valence electrons. The van der Waals surface area contributed by atoms with E-state index in [-0.39, 0.29) is 6.61 Å². The fourth-order valence-corrected chi connectivity index (χ4v) is 3.71. The maximum absolute atomic E-state index is 12.1. The second kappa shape index (κ2) is 10.1. The van der Waals surface area contributed by atoms with E-state index in [4.69, 9.17) is 4.74 Å². The molecule has 0 saturated heterocycles. The molecule has 1 amide bonds. The topological polar surface area (TPSA) is 54.9 Å². The molecular weight excluding hydrogens is 372 g/mol. The molecule has 3 rings (SSSR count). The lowest BCUT2D eigenvalue weighted by atomic mass is 10.1. The predicted octanol–water partition coefficient (Wildman–Crippen LogP) is 4.93. The summed E-state index contributed by atoms with van der Waals surface area (Å²) < 4.78 is 5.36. The van der Waals surface area contributed by atoms with Crippen molar-refractivity contribution in [1.29, 1.82) is 0 Å². The van der Waals surface area contributed by atoms with E-state index in [1.807, 2.05) is 38.1 Å². The molecule has 0 aliphatic heterocycles. The Labute approximate surface area is 179 Å². The Balaban J connectivity index is 1.44. The lowest BCUT2D eigenvalue weighted by Crippen LogP contribution is -2.80. The molecule has 0 fully saturated rings. The number of amides is 1. The van der Waals surface area contributed by atoms with Crippen LogP contribution in [0.1, 0.15) is 38.9 Å². The van der Waals surface area contributed by atoms with Crippen molar-refractivity contribution in [2.24, 2.45) is 0 Å². The number of hydrogen-bond acceptors (Lipinski definition) is 2. The summed E-state index contributed by atoms with van der Waals surface area (Å²) in [7, 11) is 0. The van der Waals surface area contributed by atoms with Gasteiger partial charge in [-0.2, -0.15) is 0 Å². The van der Waals surface area contributed by atoms with Crippen molar-refractivity contribution < 1.29 is 14.8 Å².